The number of carbonyl (C=O) groups excluding carboxylic acids is 1. The van der Waals surface area contributed by atoms with Gasteiger partial charge >= 0.3 is 6.18 Å². The van der Waals surface area contributed by atoms with Crippen molar-refractivity contribution in [3.05, 3.63) is 65.2 Å². The molecule has 0 unspecified atom stereocenters. The van der Waals surface area contributed by atoms with Gasteiger partial charge in [-0.3, -0.25) is 4.79 Å². The number of benzene rings is 2. The van der Waals surface area contributed by atoms with E-state index in [1.165, 1.54) is 12.1 Å². The van der Waals surface area contributed by atoms with Crippen molar-refractivity contribution in [1.29, 1.82) is 0 Å². The van der Waals surface area contributed by atoms with Crippen LogP contribution in [-0.4, -0.2) is 44.6 Å². The van der Waals surface area contributed by atoms with Gasteiger partial charge in [0.25, 0.3) is 5.91 Å². The summed E-state index contributed by atoms with van der Waals surface area (Å²) in [6.07, 6.45) is -4.81. The molecule has 7 heteroatoms. The van der Waals surface area contributed by atoms with Gasteiger partial charge in [0.2, 0.25) is 0 Å². The Hall–Kier alpha value is -2.54. The summed E-state index contributed by atoms with van der Waals surface area (Å²) in [7, 11) is 3.80. The number of ether oxygens (including phenoxy) is 1. The molecule has 0 bridgehead atoms. The molecule has 3 rings (SSSR count). The minimum atomic E-state index is -4.37. The molecule has 1 saturated heterocycles. The molecule has 1 aliphatic rings. The number of halogens is 3. The number of hydrogen-bond acceptors (Lipinski definition) is 3. The van der Waals surface area contributed by atoms with Crippen molar-refractivity contribution in [2.75, 3.05) is 38.7 Å². The van der Waals surface area contributed by atoms with Gasteiger partial charge in [-0.2, -0.15) is 13.2 Å². The summed E-state index contributed by atoms with van der Waals surface area (Å²) < 4.78 is 43.8. The summed E-state index contributed by atoms with van der Waals surface area (Å²) in [5.74, 6) is -0.112. The van der Waals surface area contributed by atoms with E-state index in [1.54, 1.807) is 11.0 Å². The van der Waals surface area contributed by atoms with Crippen LogP contribution in [0.3, 0.4) is 0 Å². The summed E-state index contributed by atoms with van der Waals surface area (Å²) in [6.45, 7) is 1.09. The number of anilines is 1. The van der Waals surface area contributed by atoms with E-state index in [9.17, 15) is 18.0 Å². The van der Waals surface area contributed by atoms with Crippen LogP contribution in [0.5, 0.6) is 0 Å². The number of nitrogens with zero attached hydrogens (tertiary/aromatic N) is 2. The molecule has 0 N–H and O–H groups in total. The van der Waals surface area contributed by atoms with Gasteiger partial charge in [0.1, 0.15) is 6.10 Å². The molecular formula is C20H21F3N2O2. The second-order valence-electron chi connectivity index (χ2n) is 6.68. The van der Waals surface area contributed by atoms with E-state index in [-0.39, 0.29) is 5.91 Å². The number of amides is 1. The van der Waals surface area contributed by atoms with Crippen LogP contribution in [0.1, 0.15) is 27.6 Å². The molecule has 0 radical (unpaired) electrons. The molecule has 1 amide bonds. The second kappa shape index (κ2) is 7.60. The third kappa shape index (κ3) is 4.42. The molecule has 2 aromatic carbocycles. The lowest BCUT2D eigenvalue weighted by Gasteiger charge is -2.33. The molecule has 1 heterocycles. The minimum Gasteiger partial charge on any atom is -0.378 e. The Balaban J connectivity index is 1.74. The lowest BCUT2D eigenvalue weighted by molar-refractivity contribution is -0.137. The number of hydrogen-bond donors (Lipinski definition) is 0. The third-order valence-corrected chi connectivity index (χ3v) is 4.57. The van der Waals surface area contributed by atoms with E-state index in [4.69, 9.17) is 4.74 Å². The van der Waals surface area contributed by atoms with Gasteiger partial charge in [0.15, 0.2) is 0 Å². The molecule has 1 aliphatic heterocycles. The lowest BCUT2D eigenvalue weighted by Crippen LogP contribution is -2.42. The van der Waals surface area contributed by atoms with Crippen molar-refractivity contribution in [2.24, 2.45) is 0 Å². The highest BCUT2D eigenvalue weighted by molar-refractivity contribution is 5.95. The molecule has 4 nitrogen and oxygen atoms in total. The molecule has 0 saturated carbocycles. The van der Waals surface area contributed by atoms with Crippen LogP contribution < -0.4 is 4.90 Å². The van der Waals surface area contributed by atoms with E-state index in [0.717, 1.165) is 17.8 Å². The quantitative estimate of drug-likeness (QED) is 0.810. The van der Waals surface area contributed by atoms with Crippen molar-refractivity contribution >= 4 is 11.6 Å². The molecule has 144 valence electrons. The van der Waals surface area contributed by atoms with Gasteiger partial charge in [-0.05, 0) is 35.9 Å². The van der Waals surface area contributed by atoms with Crippen LogP contribution in [0.15, 0.2) is 48.5 Å². The molecule has 0 spiro atoms. The normalized spacial score (nSPS) is 17.7. The van der Waals surface area contributed by atoms with Gasteiger partial charge in [0, 0.05) is 31.9 Å². The Morgan fingerprint density at radius 3 is 2.48 bits per heavy atom. The average molecular weight is 378 g/mol. The molecular weight excluding hydrogens is 357 g/mol. The van der Waals surface area contributed by atoms with E-state index >= 15 is 0 Å². The van der Waals surface area contributed by atoms with Crippen LogP contribution in [0, 0.1) is 0 Å². The third-order valence-electron chi connectivity index (χ3n) is 4.57. The summed E-state index contributed by atoms with van der Waals surface area (Å²) in [6, 6.07) is 12.2. The minimum absolute atomic E-state index is 0.112. The molecule has 1 atom stereocenters. The van der Waals surface area contributed by atoms with E-state index in [2.05, 4.69) is 0 Å². The lowest BCUT2D eigenvalue weighted by atomic mass is 10.0. The first-order valence-corrected chi connectivity index (χ1v) is 8.61. The van der Waals surface area contributed by atoms with Gasteiger partial charge in [-0.15, -0.1) is 0 Å². The van der Waals surface area contributed by atoms with Crippen molar-refractivity contribution in [1.82, 2.24) is 4.90 Å². The largest absolute Gasteiger partial charge is 0.416 e. The second-order valence-corrected chi connectivity index (χ2v) is 6.68. The number of morpholine rings is 1. The summed E-state index contributed by atoms with van der Waals surface area (Å²) >= 11 is 0. The van der Waals surface area contributed by atoms with Crippen molar-refractivity contribution in [2.45, 2.75) is 12.3 Å². The van der Waals surface area contributed by atoms with Crippen LogP contribution in [0.25, 0.3) is 0 Å². The highest BCUT2D eigenvalue weighted by Crippen LogP contribution is 2.31. The predicted octanol–water partition coefficient (Wildman–Crippen LogP) is 3.99. The van der Waals surface area contributed by atoms with Gasteiger partial charge in [-0.1, -0.05) is 18.2 Å². The summed E-state index contributed by atoms with van der Waals surface area (Å²) in [5, 5.41) is 0. The number of carbonyl (C=O) groups is 1. The Morgan fingerprint density at radius 2 is 1.85 bits per heavy atom. The highest BCUT2D eigenvalue weighted by Gasteiger charge is 2.31. The van der Waals surface area contributed by atoms with Gasteiger partial charge in [0.05, 0.1) is 18.7 Å². The van der Waals surface area contributed by atoms with Crippen LogP contribution in [0.4, 0.5) is 18.9 Å². The van der Waals surface area contributed by atoms with E-state index in [1.807, 2.05) is 37.2 Å². The monoisotopic (exact) mass is 378 g/mol. The zero-order chi connectivity index (χ0) is 19.6. The molecule has 0 aliphatic carbocycles. The first-order chi connectivity index (χ1) is 12.8. The van der Waals surface area contributed by atoms with Gasteiger partial charge in [-0.25, -0.2) is 0 Å². The SMILES string of the molecule is CN(C)c1cccc(C(=O)N2CCO[C@H](c3ccc(C(F)(F)F)cc3)C2)c1. The van der Waals surface area contributed by atoms with Crippen LogP contribution in [-0.2, 0) is 10.9 Å². The predicted molar refractivity (Wildman–Crippen MR) is 96.8 cm³/mol. The standard InChI is InChI=1S/C20H21F3N2O2/c1-24(2)17-5-3-4-15(12-17)19(26)25-10-11-27-18(13-25)14-6-8-16(9-7-14)20(21,22)23/h3-9,12,18H,10-11,13H2,1-2H3/t18-/m0/s1. The first kappa shape index (κ1) is 19.2. The molecule has 0 aromatic heterocycles. The fraction of sp³-hybridized carbons (Fsp3) is 0.350. The number of rotatable bonds is 3. The average Bonchev–Trinajstić information content (AvgIpc) is 2.67. The Labute approximate surface area is 156 Å². The Morgan fingerprint density at radius 1 is 1.15 bits per heavy atom. The van der Waals surface area contributed by atoms with Crippen molar-refractivity contribution in [3.8, 4) is 0 Å². The number of alkyl halides is 3. The van der Waals surface area contributed by atoms with Crippen molar-refractivity contribution < 1.29 is 22.7 Å². The zero-order valence-corrected chi connectivity index (χ0v) is 15.2. The maximum Gasteiger partial charge on any atom is 0.416 e. The molecule has 2 aromatic rings. The molecule has 1 fully saturated rings. The van der Waals surface area contributed by atoms with E-state index in [0.29, 0.717) is 30.8 Å². The molecule has 27 heavy (non-hydrogen) atoms. The Kier molecular flexibility index (Phi) is 5.41. The fourth-order valence-corrected chi connectivity index (χ4v) is 3.02. The Bertz CT molecular complexity index is 804. The van der Waals surface area contributed by atoms with E-state index < -0.39 is 17.8 Å². The smallest absolute Gasteiger partial charge is 0.378 e. The fourth-order valence-electron chi connectivity index (χ4n) is 3.02. The first-order valence-electron chi connectivity index (χ1n) is 8.61. The van der Waals surface area contributed by atoms with Gasteiger partial charge < -0.3 is 14.5 Å². The summed E-state index contributed by atoms with van der Waals surface area (Å²) in [4.78, 5) is 16.4. The van der Waals surface area contributed by atoms with Crippen molar-refractivity contribution in [3.63, 3.8) is 0 Å². The van der Waals surface area contributed by atoms with Crippen LogP contribution in [0.2, 0.25) is 0 Å². The maximum absolute atomic E-state index is 12.8. The highest BCUT2D eigenvalue weighted by atomic mass is 19.4. The zero-order valence-electron chi connectivity index (χ0n) is 15.2. The van der Waals surface area contributed by atoms with Crippen LogP contribution >= 0.6 is 0 Å². The maximum atomic E-state index is 12.8. The summed E-state index contributed by atoms with van der Waals surface area (Å²) in [5.41, 5.74) is 1.43. The topological polar surface area (TPSA) is 32.8 Å².